The van der Waals surface area contributed by atoms with Gasteiger partial charge in [0, 0.05) is 12.3 Å². The third kappa shape index (κ3) is 7.45. The normalized spacial score (nSPS) is 37.9. The van der Waals surface area contributed by atoms with Crippen molar-refractivity contribution in [3.05, 3.63) is 47.5 Å². The van der Waals surface area contributed by atoms with Crippen molar-refractivity contribution in [2.45, 2.75) is 79.5 Å². The Morgan fingerprint density at radius 1 is 0.653 bits per heavy atom. The number of aliphatic hydroxyl groups excluding tert-OH is 9. The summed E-state index contributed by atoms with van der Waals surface area (Å²) in [5, 5.41) is 102. The smallest absolute Gasteiger partial charge is 0.229 e. The van der Waals surface area contributed by atoms with Gasteiger partial charge in [-0.2, -0.15) is 0 Å². The first kappa shape index (κ1) is 37.4. The number of benzene rings is 2. The van der Waals surface area contributed by atoms with Crippen LogP contribution in [0.3, 0.4) is 0 Å². The van der Waals surface area contributed by atoms with Crippen molar-refractivity contribution >= 4 is 0 Å². The fourth-order valence-electron chi connectivity index (χ4n) is 6.33. The highest BCUT2D eigenvalue weighted by atomic mass is 16.7. The second-order valence-electron chi connectivity index (χ2n) is 12.3. The summed E-state index contributed by atoms with van der Waals surface area (Å²) in [5.41, 5.74) is -0.457. The lowest BCUT2D eigenvalue weighted by atomic mass is 9.80. The van der Waals surface area contributed by atoms with Crippen molar-refractivity contribution in [1.29, 1.82) is 0 Å². The van der Waals surface area contributed by atoms with Crippen LogP contribution in [0.5, 0.6) is 23.0 Å². The molecule has 49 heavy (non-hydrogen) atoms. The molecule has 5 rings (SSSR count). The van der Waals surface area contributed by atoms with Crippen LogP contribution in [-0.2, 0) is 20.6 Å². The number of hydrogen-bond donors (Lipinski definition) is 10. The second-order valence-corrected chi connectivity index (χ2v) is 12.3. The second kappa shape index (κ2) is 15.6. The van der Waals surface area contributed by atoms with E-state index >= 15 is 0 Å². The van der Waals surface area contributed by atoms with E-state index in [1.165, 1.54) is 26.4 Å². The van der Waals surface area contributed by atoms with Crippen LogP contribution < -0.4 is 18.9 Å². The monoisotopic (exact) mass is 700 g/mol. The van der Waals surface area contributed by atoms with E-state index in [1.807, 2.05) is 0 Å². The quantitative estimate of drug-likeness (QED) is 0.104. The summed E-state index contributed by atoms with van der Waals surface area (Å²) < 4.78 is 39.2. The molecule has 2 aromatic carbocycles. The number of ether oxygens (including phenoxy) is 7. The van der Waals surface area contributed by atoms with E-state index in [2.05, 4.69) is 0 Å². The van der Waals surface area contributed by atoms with Crippen LogP contribution in [0, 0.1) is 5.92 Å². The molecule has 0 saturated carbocycles. The Labute approximate surface area is 281 Å². The summed E-state index contributed by atoms with van der Waals surface area (Å²) in [6, 6.07) is 9.36. The summed E-state index contributed by atoms with van der Waals surface area (Å²) in [7, 11) is 2.74. The molecule has 0 bridgehead atoms. The van der Waals surface area contributed by atoms with E-state index < -0.39 is 98.9 Å². The van der Waals surface area contributed by atoms with Crippen molar-refractivity contribution in [3.63, 3.8) is 0 Å². The maximum atomic E-state index is 11.7. The van der Waals surface area contributed by atoms with Gasteiger partial charge in [-0.15, -0.1) is 0 Å². The van der Waals surface area contributed by atoms with Gasteiger partial charge < -0.3 is 84.2 Å². The average molecular weight is 701 g/mol. The van der Waals surface area contributed by atoms with Crippen LogP contribution in [0.25, 0.3) is 0 Å². The van der Waals surface area contributed by atoms with Gasteiger partial charge >= 0.3 is 0 Å². The zero-order valence-electron chi connectivity index (χ0n) is 26.8. The van der Waals surface area contributed by atoms with Gasteiger partial charge in [0.05, 0.1) is 52.4 Å². The van der Waals surface area contributed by atoms with Crippen LogP contribution in [0.4, 0.5) is 0 Å². The molecule has 3 fully saturated rings. The van der Waals surface area contributed by atoms with Gasteiger partial charge in [0.25, 0.3) is 0 Å². The van der Waals surface area contributed by atoms with Crippen LogP contribution in [-0.4, -0.2) is 159 Å². The first-order chi connectivity index (χ1) is 23.4. The third-order valence-corrected chi connectivity index (χ3v) is 9.20. The molecule has 0 spiro atoms. The van der Waals surface area contributed by atoms with E-state index in [-0.39, 0.29) is 36.0 Å². The van der Waals surface area contributed by atoms with Crippen LogP contribution in [0.1, 0.15) is 17.2 Å². The topological polar surface area (TPSA) is 267 Å². The van der Waals surface area contributed by atoms with E-state index in [1.54, 1.807) is 24.3 Å². The summed E-state index contributed by atoms with van der Waals surface area (Å²) in [5.74, 6) is -0.244. The van der Waals surface area contributed by atoms with Gasteiger partial charge in [-0.3, -0.25) is 0 Å². The lowest BCUT2D eigenvalue weighted by molar-refractivity contribution is -0.277. The first-order valence-electron chi connectivity index (χ1n) is 15.6. The molecule has 17 nitrogen and oxygen atoms in total. The average Bonchev–Trinajstić information content (AvgIpc) is 3.44. The predicted molar refractivity (Wildman–Crippen MR) is 163 cm³/mol. The van der Waals surface area contributed by atoms with Crippen molar-refractivity contribution < 1.29 is 84.2 Å². The molecule has 17 heteroatoms. The van der Waals surface area contributed by atoms with Crippen molar-refractivity contribution in [1.82, 2.24) is 0 Å². The van der Waals surface area contributed by atoms with Crippen molar-refractivity contribution in [2.24, 2.45) is 5.92 Å². The molecule has 10 N–H and O–H groups in total. The molecular weight excluding hydrogens is 656 g/mol. The van der Waals surface area contributed by atoms with Gasteiger partial charge in [-0.05, 0) is 35.4 Å². The molecule has 3 aliphatic heterocycles. The predicted octanol–water partition coefficient (Wildman–Crippen LogP) is -3.29. The lowest BCUT2D eigenvalue weighted by Crippen LogP contribution is -2.60. The third-order valence-electron chi connectivity index (χ3n) is 9.20. The molecule has 0 amide bonds. The molecule has 0 unspecified atom stereocenters. The molecular formula is C32H44O17. The largest absolute Gasteiger partial charge is 0.493 e. The van der Waals surface area contributed by atoms with Gasteiger partial charge in [-0.25, -0.2) is 0 Å². The molecule has 2 aromatic rings. The minimum atomic E-state index is -1.64. The fourth-order valence-corrected chi connectivity index (χ4v) is 6.33. The Balaban J connectivity index is 1.30. The maximum absolute atomic E-state index is 11.7. The Bertz CT molecular complexity index is 1390. The lowest BCUT2D eigenvalue weighted by Gasteiger charge is -2.39. The Kier molecular flexibility index (Phi) is 11.9. The molecule has 3 saturated heterocycles. The maximum Gasteiger partial charge on any atom is 0.229 e. The fraction of sp³-hybridized carbons (Fsp3) is 0.625. The number of hydrogen-bond acceptors (Lipinski definition) is 17. The molecule has 3 heterocycles. The summed E-state index contributed by atoms with van der Waals surface area (Å²) in [4.78, 5) is 0. The van der Waals surface area contributed by atoms with E-state index in [0.29, 0.717) is 11.1 Å². The first-order valence-corrected chi connectivity index (χ1v) is 15.6. The Morgan fingerprint density at radius 3 is 1.65 bits per heavy atom. The SMILES string of the molecule is COc1cc(C[C@@]2(O)CO[C@H](c3ccc(O[C@@H]4O[C@H](CO)[C@@H](O)[C@H](O)[C@H]4O)c(OC)c3)[C@H]2CO)ccc1O[C@@H]1O[C@H](CO)[C@@H](O)[C@H](O)[C@H]1O. The van der Waals surface area contributed by atoms with Crippen LogP contribution in [0.15, 0.2) is 36.4 Å². The van der Waals surface area contributed by atoms with Gasteiger partial charge in [0.15, 0.2) is 23.0 Å². The standard InChI is InChI=1S/C32H44O17/c1-43-19-7-14(3-5-17(19)46-30-27(40)25(38)23(36)21(11-34)48-30)9-32(42)13-45-29(16(32)10-33)15-4-6-18(20(8-15)44-2)47-31-28(41)26(39)24(37)22(12-35)49-31/h3-8,16,21-31,33-42H,9-13H2,1-2H3/t16-,21-,22-,23-,24-,25+,26+,27-,28-,29-,30-,31-,32-/m1/s1. The van der Waals surface area contributed by atoms with Crippen molar-refractivity contribution in [2.75, 3.05) is 40.6 Å². The van der Waals surface area contributed by atoms with Gasteiger partial charge in [0.2, 0.25) is 12.6 Å². The highest BCUT2D eigenvalue weighted by molar-refractivity contribution is 5.45. The summed E-state index contributed by atoms with van der Waals surface area (Å²) in [6.45, 7) is -1.86. The molecule has 0 aromatic heterocycles. The highest BCUT2D eigenvalue weighted by Gasteiger charge is 2.50. The number of aliphatic hydroxyl groups is 10. The van der Waals surface area contributed by atoms with Crippen LogP contribution in [0.2, 0.25) is 0 Å². The molecule has 274 valence electrons. The summed E-state index contributed by atoms with van der Waals surface area (Å²) >= 11 is 0. The summed E-state index contributed by atoms with van der Waals surface area (Å²) in [6.07, 6.45) is -15.6. The number of rotatable bonds is 12. The minimum absolute atomic E-state index is 0.0147. The van der Waals surface area contributed by atoms with Gasteiger partial charge in [0.1, 0.15) is 48.8 Å². The molecule has 0 radical (unpaired) electrons. The zero-order chi connectivity index (χ0) is 35.6. The highest BCUT2D eigenvalue weighted by Crippen LogP contribution is 2.45. The zero-order valence-corrected chi connectivity index (χ0v) is 26.8. The molecule has 3 aliphatic rings. The van der Waals surface area contributed by atoms with Crippen molar-refractivity contribution in [3.8, 4) is 23.0 Å². The van der Waals surface area contributed by atoms with E-state index in [9.17, 15) is 51.1 Å². The molecule has 13 atom stereocenters. The van der Waals surface area contributed by atoms with E-state index in [0.717, 1.165) is 0 Å². The van der Waals surface area contributed by atoms with Gasteiger partial charge in [-0.1, -0.05) is 12.1 Å². The Hall–Kier alpha value is -2.88. The van der Waals surface area contributed by atoms with Crippen LogP contribution >= 0.6 is 0 Å². The Morgan fingerprint density at radius 2 is 1.16 bits per heavy atom. The minimum Gasteiger partial charge on any atom is -0.493 e. The number of methoxy groups -OCH3 is 2. The van der Waals surface area contributed by atoms with E-state index in [4.69, 9.17) is 33.2 Å². The molecule has 0 aliphatic carbocycles.